The van der Waals surface area contributed by atoms with Crippen LogP contribution in [0.1, 0.15) is 31.0 Å². The van der Waals surface area contributed by atoms with Crippen molar-refractivity contribution >= 4 is 12.0 Å². The quantitative estimate of drug-likeness (QED) is 0.869. The van der Waals surface area contributed by atoms with Gasteiger partial charge in [-0.2, -0.15) is 0 Å². The molecule has 21 heavy (non-hydrogen) atoms. The number of carbonyl (C=O) groups excluding carboxylic acids is 2. The maximum absolute atomic E-state index is 12.2. The van der Waals surface area contributed by atoms with E-state index in [9.17, 15) is 9.59 Å². The predicted octanol–water partition coefficient (Wildman–Crippen LogP) is 2.53. The third kappa shape index (κ3) is 2.77. The van der Waals surface area contributed by atoms with Gasteiger partial charge in [0.1, 0.15) is 0 Å². The van der Waals surface area contributed by atoms with Gasteiger partial charge in [0.2, 0.25) is 0 Å². The lowest BCUT2D eigenvalue weighted by atomic mass is 9.94. The van der Waals surface area contributed by atoms with Gasteiger partial charge in [0, 0.05) is 12.2 Å². The van der Waals surface area contributed by atoms with E-state index in [0.29, 0.717) is 17.8 Å². The second-order valence-corrected chi connectivity index (χ2v) is 5.03. The lowest BCUT2D eigenvalue weighted by Crippen LogP contribution is -2.47. The van der Waals surface area contributed by atoms with Crippen molar-refractivity contribution < 1.29 is 14.3 Å². The van der Waals surface area contributed by atoms with Crippen LogP contribution in [-0.2, 0) is 9.53 Å². The Kier molecular flexibility index (Phi) is 4.31. The molecular formula is C16H20N2O3. The van der Waals surface area contributed by atoms with E-state index >= 15 is 0 Å². The highest BCUT2D eigenvalue weighted by Crippen LogP contribution is 2.31. The average Bonchev–Trinajstić information content (AvgIpc) is 2.46. The number of rotatable bonds is 3. The summed E-state index contributed by atoms with van der Waals surface area (Å²) in [5.41, 5.74) is 3.06. The van der Waals surface area contributed by atoms with Crippen LogP contribution >= 0.6 is 0 Å². The molecule has 0 radical (unpaired) electrons. The summed E-state index contributed by atoms with van der Waals surface area (Å²) in [6, 6.07) is 7.06. The van der Waals surface area contributed by atoms with Crippen LogP contribution in [0.25, 0.3) is 0 Å². The minimum absolute atomic E-state index is 0.200. The van der Waals surface area contributed by atoms with Gasteiger partial charge in [0.15, 0.2) is 0 Å². The number of hydrogen-bond acceptors (Lipinski definition) is 3. The van der Waals surface area contributed by atoms with Crippen molar-refractivity contribution in [2.75, 3.05) is 13.7 Å². The zero-order valence-corrected chi connectivity index (χ0v) is 12.8. The normalized spacial score (nSPS) is 18.6. The predicted molar refractivity (Wildman–Crippen MR) is 79.5 cm³/mol. The first-order valence-corrected chi connectivity index (χ1v) is 6.93. The van der Waals surface area contributed by atoms with Gasteiger partial charge in [-0.05, 0) is 26.3 Å². The number of methoxy groups -OCH3 is 1. The highest BCUT2D eigenvalue weighted by Gasteiger charge is 2.35. The van der Waals surface area contributed by atoms with Crippen molar-refractivity contribution in [1.82, 2.24) is 10.2 Å². The second-order valence-electron chi connectivity index (χ2n) is 5.03. The van der Waals surface area contributed by atoms with Gasteiger partial charge in [-0.15, -0.1) is 0 Å². The van der Waals surface area contributed by atoms with Crippen molar-refractivity contribution in [2.45, 2.75) is 26.8 Å². The number of carbonyl (C=O) groups is 2. The number of benzene rings is 1. The van der Waals surface area contributed by atoms with E-state index in [0.717, 1.165) is 11.1 Å². The summed E-state index contributed by atoms with van der Waals surface area (Å²) >= 11 is 0. The number of amides is 2. The Hall–Kier alpha value is -2.30. The van der Waals surface area contributed by atoms with Crippen molar-refractivity contribution in [3.63, 3.8) is 0 Å². The lowest BCUT2D eigenvalue weighted by Gasteiger charge is -2.34. The smallest absolute Gasteiger partial charge is 0.337 e. The number of aryl methyl sites for hydroxylation is 1. The number of nitrogens with one attached hydrogen (secondary N) is 1. The van der Waals surface area contributed by atoms with E-state index in [1.165, 1.54) is 7.11 Å². The molecule has 1 aromatic rings. The topological polar surface area (TPSA) is 58.6 Å². The van der Waals surface area contributed by atoms with Crippen LogP contribution in [0.3, 0.4) is 0 Å². The Morgan fingerprint density at radius 1 is 1.38 bits per heavy atom. The molecule has 1 atom stereocenters. The van der Waals surface area contributed by atoms with Crippen LogP contribution in [0.5, 0.6) is 0 Å². The van der Waals surface area contributed by atoms with E-state index < -0.39 is 12.0 Å². The minimum Gasteiger partial charge on any atom is -0.466 e. The molecule has 0 bridgehead atoms. The van der Waals surface area contributed by atoms with Gasteiger partial charge in [0.05, 0.1) is 18.7 Å². The SMILES string of the molecule is CCN1C(=O)N[C@H](c2cccc(C)c2)C(C(=O)OC)=C1C. The molecule has 0 saturated heterocycles. The van der Waals surface area contributed by atoms with Crippen molar-refractivity contribution in [3.8, 4) is 0 Å². The minimum atomic E-state index is -0.479. The van der Waals surface area contributed by atoms with Crippen LogP contribution in [0, 0.1) is 6.92 Å². The van der Waals surface area contributed by atoms with E-state index in [2.05, 4.69) is 5.32 Å². The highest BCUT2D eigenvalue weighted by atomic mass is 16.5. The molecule has 0 spiro atoms. The van der Waals surface area contributed by atoms with E-state index in [-0.39, 0.29) is 6.03 Å². The first-order chi connectivity index (χ1) is 9.99. The molecule has 2 amide bonds. The van der Waals surface area contributed by atoms with Gasteiger partial charge in [-0.1, -0.05) is 29.8 Å². The average molecular weight is 288 g/mol. The number of allylic oxidation sites excluding steroid dienone is 1. The summed E-state index contributed by atoms with van der Waals surface area (Å²) in [6.07, 6.45) is 0. The summed E-state index contributed by atoms with van der Waals surface area (Å²) in [5, 5.41) is 2.88. The zero-order chi connectivity index (χ0) is 15.6. The number of urea groups is 1. The molecule has 0 aromatic heterocycles. The molecule has 0 saturated carbocycles. The third-order valence-electron chi connectivity index (χ3n) is 3.69. The number of esters is 1. The number of hydrogen-bond donors (Lipinski definition) is 1. The summed E-state index contributed by atoms with van der Waals surface area (Å²) in [5.74, 6) is -0.419. The van der Waals surface area contributed by atoms with Gasteiger partial charge in [-0.3, -0.25) is 4.90 Å². The summed E-state index contributed by atoms with van der Waals surface area (Å²) in [6.45, 7) is 6.11. The largest absolute Gasteiger partial charge is 0.466 e. The first-order valence-electron chi connectivity index (χ1n) is 6.93. The van der Waals surface area contributed by atoms with Gasteiger partial charge in [0.25, 0.3) is 0 Å². The van der Waals surface area contributed by atoms with E-state index in [1.807, 2.05) is 38.1 Å². The van der Waals surface area contributed by atoms with Crippen LogP contribution in [0.15, 0.2) is 35.5 Å². The van der Waals surface area contributed by atoms with Gasteiger partial charge in [-0.25, -0.2) is 9.59 Å². The maximum Gasteiger partial charge on any atom is 0.337 e. The summed E-state index contributed by atoms with van der Waals surface area (Å²) < 4.78 is 4.90. The molecule has 1 aromatic carbocycles. The van der Waals surface area contributed by atoms with Crippen molar-refractivity contribution in [3.05, 3.63) is 46.7 Å². The standard InChI is InChI=1S/C16H20N2O3/c1-5-18-11(3)13(15(19)21-4)14(17-16(18)20)12-8-6-7-10(2)9-12/h6-9,14H,5H2,1-4H3,(H,17,20)/t14-/m1/s1. The van der Waals surface area contributed by atoms with E-state index in [4.69, 9.17) is 4.74 Å². The Labute approximate surface area is 124 Å². The molecule has 1 heterocycles. The highest BCUT2D eigenvalue weighted by molar-refractivity contribution is 5.94. The van der Waals surface area contributed by atoms with E-state index in [1.54, 1.807) is 11.8 Å². The fourth-order valence-electron chi connectivity index (χ4n) is 2.64. The number of nitrogens with zero attached hydrogens (tertiary/aromatic N) is 1. The number of ether oxygens (including phenoxy) is 1. The lowest BCUT2D eigenvalue weighted by molar-refractivity contribution is -0.136. The molecule has 2 rings (SSSR count). The van der Waals surface area contributed by atoms with Crippen LogP contribution in [0.4, 0.5) is 4.79 Å². The molecule has 0 aliphatic carbocycles. The Bertz CT molecular complexity index is 607. The Balaban J connectivity index is 2.55. The van der Waals surface area contributed by atoms with Gasteiger partial charge >= 0.3 is 12.0 Å². The summed E-state index contributed by atoms with van der Waals surface area (Å²) in [4.78, 5) is 25.9. The molecule has 0 unspecified atom stereocenters. The molecule has 1 aliphatic heterocycles. The monoisotopic (exact) mass is 288 g/mol. The van der Waals surface area contributed by atoms with Gasteiger partial charge < -0.3 is 10.1 Å². The second kappa shape index (κ2) is 5.99. The van der Waals surface area contributed by atoms with Crippen LogP contribution < -0.4 is 5.32 Å². The Morgan fingerprint density at radius 3 is 2.67 bits per heavy atom. The Morgan fingerprint density at radius 2 is 2.10 bits per heavy atom. The zero-order valence-electron chi connectivity index (χ0n) is 12.8. The molecule has 112 valence electrons. The van der Waals surface area contributed by atoms with Crippen LogP contribution in [0.2, 0.25) is 0 Å². The van der Waals surface area contributed by atoms with Crippen LogP contribution in [-0.4, -0.2) is 30.6 Å². The molecule has 5 nitrogen and oxygen atoms in total. The molecule has 0 fully saturated rings. The molecule has 5 heteroatoms. The summed E-state index contributed by atoms with van der Waals surface area (Å²) in [7, 11) is 1.35. The maximum atomic E-state index is 12.2. The molecule has 1 N–H and O–H groups in total. The fourth-order valence-corrected chi connectivity index (χ4v) is 2.64. The fraction of sp³-hybridized carbons (Fsp3) is 0.375. The molecular weight excluding hydrogens is 268 g/mol. The van der Waals surface area contributed by atoms with Crippen molar-refractivity contribution in [2.24, 2.45) is 0 Å². The third-order valence-corrected chi connectivity index (χ3v) is 3.69. The molecule has 1 aliphatic rings. The van der Waals surface area contributed by atoms with Crippen molar-refractivity contribution in [1.29, 1.82) is 0 Å². The first kappa shape index (κ1) is 15.1.